The highest BCUT2D eigenvalue weighted by Gasteiger charge is 2.23. The highest BCUT2D eigenvalue weighted by atomic mass is 32.2. The van der Waals surface area contributed by atoms with Crippen LogP contribution in [0, 0.1) is 6.92 Å². The van der Waals surface area contributed by atoms with Crippen molar-refractivity contribution in [3.8, 4) is 5.75 Å². The summed E-state index contributed by atoms with van der Waals surface area (Å²) in [4.78, 5) is 12.5. The number of sulfonamides is 1. The molecule has 0 fully saturated rings. The van der Waals surface area contributed by atoms with Crippen LogP contribution in [-0.2, 0) is 10.0 Å². The number of benzene rings is 2. The Morgan fingerprint density at radius 2 is 1.86 bits per heavy atom. The number of ether oxygens (including phenoxy) is 1. The maximum Gasteiger partial charge on any atom is 0.251 e. The third-order valence-electron chi connectivity index (χ3n) is 4.37. The average molecular weight is 405 g/mol. The van der Waals surface area contributed by atoms with Crippen molar-refractivity contribution in [3.05, 3.63) is 59.7 Å². The van der Waals surface area contributed by atoms with E-state index in [1.54, 1.807) is 26.0 Å². The van der Waals surface area contributed by atoms with Crippen LogP contribution in [0.2, 0.25) is 0 Å². The van der Waals surface area contributed by atoms with Gasteiger partial charge in [-0.2, -0.15) is 4.31 Å². The molecule has 0 aliphatic carbocycles. The Labute approximate surface area is 167 Å². The number of nitrogens with one attached hydrogen (secondary N) is 1. The maximum absolute atomic E-state index is 12.6. The Balaban J connectivity index is 1.89. The lowest BCUT2D eigenvalue weighted by Crippen LogP contribution is -2.33. The van der Waals surface area contributed by atoms with E-state index < -0.39 is 10.0 Å². The number of carbonyl (C=O) groups excluding carboxylic acids is 1. The standard InChI is InChI=1S/C21H28N2O4S/c1-16(2)23(4)28(25,26)20-11-6-9-18(15-20)21(24)22-12-7-13-27-19-10-5-8-17(3)14-19/h5-6,8-11,14-16H,7,12-13H2,1-4H3,(H,22,24). The first-order valence-corrected chi connectivity index (χ1v) is 10.7. The molecule has 1 N–H and O–H groups in total. The van der Waals surface area contributed by atoms with E-state index >= 15 is 0 Å². The van der Waals surface area contributed by atoms with E-state index in [-0.39, 0.29) is 16.8 Å². The highest BCUT2D eigenvalue weighted by molar-refractivity contribution is 7.89. The lowest BCUT2D eigenvalue weighted by Gasteiger charge is -2.21. The molecule has 0 heterocycles. The Morgan fingerprint density at radius 3 is 2.54 bits per heavy atom. The molecule has 2 aromatic carbocycles. The molecule has 0 saturated carbocycles. The van der Waals surface area contributed by atoms with Crippen LogP contribution in [0.5, 0.6) is 5.75 Å². The van der Waals surface area contributed by atoms with E-state index in [0.717, 1.165) is 11.3 Å². The first-order valence-electron chi connectivity index (χ1n) is 9.27. The van der Waals surface area contributed by atoms with Crippen molar-refractivity contribution in [1.29, 1.82) is 0 Å². The summed E-state index contributed by atoms with van der Waals surface area (Å²) in [5.74, 6) is 0.498. The van der Waals surface area contributed by atoms with Crippen molar-refractivity contribution in [1.82, 2.24) is 9.62 Å². The summed E-state index contributed by atoms with van der Waals surface area (Å²) in [5.41, 5.74) is 1.45. The maximum atomic E-state index is 12.6. The first-order chi connectivity index (χ1) is 13.2. The molecular weight excluding hydrogens is 376 g/mol. The van der Waals surface area contributed by atoms with Crippen molar-refractivity contribution < 1.29 is 17.9 Å². The summed E-state index contributed by atoms with van der Waals surface area (Å²) in [6.45, 7) is 6.52. The van der Waals surface area contributed by atoms with Crippen molar-refractivity contribution in [2.24, 2.45) is 0 Å². The largest absolute Gasteiger partial charge is 0.494 e. The Morgan fingerprint density at radius 1 is 1.14 bits per heavy atom. The lowest BCUT2D eigenvalue weighted by atomic mass is 10.2. The summed E-state index contributed by atoms with van der Waals surface area (Å²) in [5, 5.41) is 2.80. The van der Waals surface area contributed by atoms with Gasteiger partial charge in [0.25, 0.3) is 5.91 Å². The summed E-state index contributed by atoms with van der Waals surface area (Å²) >= 11 is 0. The molecule has 0 saturated heterocycles. The molecule has 2 rings (SSSR count). The predicted molar refractivity (Wildman–Crippen MR) is 110 cm³/mol. The van der Waals surface area contributed by atoms with Gasteiger partial charge in [-0.3, -0.25) is 4.79 Å². The van der Waals surface area contributed by atoms with Gasteiger partial charge in [0.15, 0.2) is 0 Å². The second kappa shape index (κ2) is 9.71. The Kier molecular flexibility index (Phi) is 7.60. The molecule has 0 spiro atoms. The molecule has 1 amide bonds. The topological polar surface area (TPSA) is 75.7 Å². The summed E-state index contributed by atoms with van der Waals surface area (Å²) < 4.78 is 32.1. The Bertz CT molecular complexity index is 910. The molecule has 0 aliphatic heterocycles. The molecule has 2 aromatic rings. The molecule has 0 aliphatic rings. The van der Waals surface area contributed by atoms with Gasteiger partial charge < -0.3 is 10.1 Å². The van der Waals surface area contributed by atoms with E-state index in [2.05, 4.69) is 5.32 Å². The second-order valence-corrected chi connectivity index (χ2v) is 8.91. The lowest BCUT2D eigenvalue weighted by molar-refractivity contribution is 0.0951. The molecular formula is C21H28N2O4S. The fourth-order valence-electron chi connectivity index (χ4n) is 2.51. The van der Waals surface area contributed by atoms with Crippen LogP contribution in [0.4, 0.5) is 0 Å². The summed E-state index contributed by atoms with van der Waals surface area (Å²) in [6, 6.07) is 13.7. The van der Waals surface area contributed by atoms with Gasteiger partial charge in [0.1, 0.15) is 5.75 Å². The van der Waals surface area contributed by atoms with Gasteiger partial charge >= 0.3 is 0 Å². The molecule has 6 nitrogen and oxygen atoms in total. The SMILES string of the molecule is Cc1cccc(OCCCNC(=O)c2cccc(S(=O)(=O)N(C)C(C)C)c2)c1. The van der Waals surface area contributed by atoms with Crippen molar-refractivity contribution in [3.63, 3.8) is 0 Å². The van der Waals surface area contributed by atoms with Crippen LogP contribution in [0.15, 0.2) is 53.4 Å². The van der Waals surface area contributed by atoms with Crippen molar-refractivity contribution in [2.75, 3.05) is 20.2 Å². The fraction of sp³-hybridized carbons (Fsp3) is 0.381. The molecule has 7 heteroatoms. The molecule has 28 heavy (non-hydrogen) atoms. The van der Waals surface area contributed by atoms with E-state index in [1.165, 1.54) is 23.5 Å². The zero-order chi connectivity index (χ0) is 20.7. The van der Waals surface area contributed by atoms with Crippen LogP contribution in [0.1, 0.15) is 36.2 Å². The van der Waals surface area contributed by atoms with Crippen LogP contribution < -0.4 is 10.1 Å². The zero-order valence-corrected chi connectivity index (χ0v) is 17.6. The monoisotopic (exact) mass is 404 g/mol. The van der Waals surface area contributed by atoms with E-state index in [4.69, 9.17) is 4.74 Å². The Hall–Kier alpha value is -2.38. The normalized spacial score (nSPS) is 11.6. The van der Waals surface area contributed by atoms with Crippen LogP contribution >= 0.6 is 0 Å². The van der Waals surface area contributed by atoms with Crippen LogP contribution in [-0.4, -0.2) is 44.9 Å². The number of nitrogens with zero attached hydrogens (tertiary/aromatic N) is 1. The molecule has 0 aromatic heterocycles. The number of rotatable bonds is 9. The van der Waals surface area contributed by atoms with E-state index in [1.807, 2.05) is 31.2 Å². The van der Waals surface area contributed by atoms with Crippen LogP contribution in [0.25, 0.3) is 0 Å². The van der Waals surface area contributed by atoms with E-state index in [0.29, 0.717) is 25.1 Å². The minimum Gasteiger partial charge on any atom is -0.494 e. The smallest absolute Gasteiger partial charge is 0.251 e. The van der Waals surface area contributed by atoms with Crippen molar-refractivity contribution in [2.45, 2.75) is 38.1 Å². The molecule has 0 bridgehead atoms. The molecule has 0 atom stereocenters. The molecule has 0 radical (unpaired) electrons. The van der Waals surface area contributed by atoms with Gasteiger partial charge in [-0.1, -0.05) is 18.2 Å². The zero-order valence-electron chi connectivity index (χ0n) is 16.8. The predicted octanol–water partition coefficient (Wildman–Crippen LogP) is 3.22. The van der Waals surface area contributed by atoms with Crippen LogP contribution in [0.3, 0.4) is 0 Å². The van der Waals surface area contributed by atoms with Crippen molar-refractivity contribution >= 4 is 15.9 Å². The van der Waals surface area contributed by atoms with E-state index in [9.17, 15) is 13.2 Å². The number of carbonyl (C=O) groups is 1. The number of amides is 1. The summed E-state index contributed by atoms with van der Waals surface area (Å²) in [7, 11) is -2.10. The highest BCUT2D eigenvalue weighted by Crippen LogP contribution is 2.18. The van der Waals surface area contributed by atoms with Gasteiger partial charge in [-0.15, -0.1) is 0 Å². The minimum absolute atomic E-state index is 0.110. The molecule has 0 unspecified atom stereocenters. The van der Waals surface area contributed by atoms with Gasteiger partial charge in [0.2, 0.25) is 10.0 Å². The number of aryl methyl sites for hydroxylation is 1. The van der Waals surface area contributed by atoms with Gasteiger partial charge in [0.05, 0.1) is 11.5 Å². The second-order valence-electron chi connectivity index (χ2n) is 6.92. The minimum atomic E-state index is -3.62. The number of hydrogen-bond acceptors (Lipinski definition) is 4. The quantitative estimate of drug-likeness (QED) is 0.651. The van der Waals surface area contributed by atoms with Gasteiger partial charge in [-0.25, -0.2) is 8.42 Å². The third kappa shape index (κ3) is 5.81. The average Bonchev–Trinajstić information content (AvgIpc) is 2.67. The van der Waals surface area contributed by atoms with Gasteiger partial charge in [0, 0.05) is 25.2 Å². The molecule has 152 valence electrons. The third-order valence-corrected chi connectivity index (χ3v) is 6.39. The first kappa shape index (κ1) is 21.9. The van der Waals surface area contributed by atoms with Gasteiger partial charge in [-0.05, 0) is 63.1 Å². The summed E-state index contributed by atoms with van der Waals surface area (Å²) in [6.07, 6.45) is 0.647. The number of hydrogen-bond donors (Lipinski definition) is 1. The fourth-order valence-corrected chi connectivity index (χ4v) is 3.93.